The van der Waals surface area contributed by atoms with Crippen LogP contribution in [-0.2, 0) is 14.8 Å². The predicted molar refractivity (Wildman–Crippen MR) is 82.2 cm³/mol. The molecule has 0 radical (unpaired) electrons. The lowest BCUT2D eigenvalue weighted by Crippen LogP contribution is -2.30. The second-order valence-electron chi connectivity index (χ2n) is 4.56. The average molecular weight is 311 g/mol. The van der Waals surface area contributed by atoms with E-state index in [1.165, 1.54) is 4.31 Å². The van der Waals surface area contributed by atoms with Crippen LogP contribution in [0.15, 0.2) is 40.8 Å². The standard InChI is InChI=1S/C14H17NO3S2/c1-3-18-14(19)12-8-9-15(10-12)20(16,17)13-6-4-11(2)5-7-13/h4-8H,3,9-10H2,1-2H3. The van der Waals surface area contributed by atoms with E-state index in [0.717, 1.165) is 11.1 Å². The highest BCUT2D eigenvalue weighted by Crippen LogP contribution is 2.22. The maximum atomic E-state index is 12.5. The Labute approximate surface area is 125 Å². The Morgan fingerprint density at radius 3 is 2.60 bits per heavy atom. The second kappa shape index (κ2) is 6.03. The maximum Gasteiger partial charge on any atom is 0.243 e. The van der Waals surface area contributed by atoms with E-state index in [-0.39, 0.29) is 6.54 Å². The zero-order valence-corrected chi connectivity index (χ0v) is 13.1. The Balaban J connectivity index is 2.14. The van der Waals surface area contributed by atoms with Crippen LogP contribution in [0.4, 0.5) is 0 Å². The summed E-state index contributed by atoms with van der Waals surface area (Å²) >= 11 is 5.11. The average Bonchev–Trinajstić information content (AvgIpc) is 2.90. The molecule has 108 valence electrons. The van der Waals surface area contributed by atoms with Crippen LogP contribution >= 0.6 is 12.2 Å². The van der Waals surface area contributed by atoms with Crippen molar-refractivity contribution in [3.8, 4) is 0 Å². The molecule has 2 rings (SSSR count). The van der Waals surface area contributed by atoms with Gasteiger partial charge in [0, 0.05) is 18.7 Å². The summed E-state index contributed by atoms with van der Waals surface area (Å²) in [6.07, 6.45) is 1.81. The fourth-order valence-corrected chi connectivity index (χ4v) is 3.57. The van der Waals surface area contributed by atoms with Gasteiger partial charge >= 0.3 is 0 Å². The fraction of sp³-hybridized carbons (Fsp3) is 0.357. The monoisotopic (exact) mass is 311 g/mol. The number of ether oxygens (including phenoxy) is 1. The highest BCUT2D eigenvalue weighted by Gasteiger charge is 2.29. The molecule has 1 aliphatic heterocycles. The highest BCUT2D eigenvalue weighted by atomic mass is 32.2. The van der Waals surface area contributed by atoms with Gasteiger partial charge in [-0.1, -0.05) is 23.8 Å². The first-order valence-electron chi connectivity index (χ1n) is 6.38. The number of hydrogen-bond acceptors (Lipinski definition) is 4. The molecule has 0 aliphatic carbocycles. The molecule has 0 saturated heterocycles. The van der Waals surface area contributed by atoms with E-state index in [0.29, 0.717) is 23.1 Å². The van der Waals surface area contributed by atoms with Crippen LogP contribution in [0.2, 0.25) is 0 Å². The summed E-state index contributed by atoms with van der Waals surface area (Å²) in [4.78, 5) is 0.306. The number of benzene rings is 1. The molecule has 0 saturated carbocycles. The van der Waals surface area contributed by atoms with Crippen molar-refractivity contribution in [2.45, 2.75) is 18.7 Å². The van der Waals surface area contributed by atoms with Crippen molar-refractivity contribution in [2.24, 2.45) is 0 Å². The molecular weight excluding hydrogens is 294 g/mol. The van der Waals surface area contributed by atoms with Gasteiger partial charge in [-0.05, 0) is 38.2 Å². The summed E-state index contributed by atoms with van der Waals surface area (Å²) in [6.45, 7) is 4.86. The highest BCUT2D eigenvalue weighted by molar-refractivity contribution is 7.89. The van der Waals surface area contributed by atoms with E-state index in [1.54, 1.807) is 24.3 Å². The summed E-state index contributed by atoms with van der Waals surface area (Å²) in [5.74, 6) is 0. The van der Waals surface area contributed by atoms with E-state index in [9.17, 15) is 8.42 Å². The largest absolute Gasteiger partial charge is 0.483 e. The lowest BCUT2D eigenvalue weighted by Gasteiger charge is -2.17. The predicted octanol–water partition coefficient (Wildman–Crippen LogP) is 2.29. The van der Waals surface area contributed by atoms with Gasteiger partial charge in [0.25, 0.3) is 0 Å². The Bertz CT molecular complexity index is 633. The van der Waals surface area contributed by atoms with Crippen LogP contribution in [-0.4, -0.2) is 37.5 Å². The molecule has 0 fully saturated rings. The lowest BCUT2D eigenvalue weighted by atomic mass is 10.2. The number of rotatable bonds is 4. The van der Waals surface area contributed by atoms with Gasteiger partial charge in [0.05, 0.1) is 11.5 Å². The van der Waals surface area contributed by atoms with Gasteiger partial charge in [0.15, 0.2) is 5.05 Å². The summed E-state index contributed by atoms with van der Waals surface area (Å²) in [7, 11) is -3.47. The van der Waals surface area contributed by atoms with Crippen LogP contribution in [0.3, 0.4) is 0 Å². The summed E-state index contributed by atoms with van der Waals surface area (Å²) in [5, 5.41) is 0.383. The smallest absolute Gasteiger partial charge is 0.243 e. The van der Waals surface area contributed by atoms with Crippen LogP contribution in [0, 0.1) is 6.92 Å². The maximum absolute atomic E-state index is 12.5. The molecular formula is C14H17NO3S2. The van der Waals surface area contributed by atoms with Gasteiger partial charge in [-0.3, -0.25) is 0 Å². The Morgan fingerprint density at radius 1 is 1.35 bits per heavy atom. The van der Waals surface area contributed by atoms with Crippen LogP contribution in [0.25, 0.3) is 0 Å². The normalized spacial score (nSPS) is 16.0. The first-order chi connectivity index (χ1) is 9.45. The Hall–Kier alpha value is -1.24. The number of thiocarbonyl (C=S) groups is 1. The van der Waals surface area contributed by atoms with Crippen molar-refractivity contribution >= 4 is 27.3 Å². The third-order valence-electron chi connectivity index (χ3n) is 3.08. The van der Waals surface area contributed by atoms with Crippen LogP contribution in [0.1, 0.15) is 12.5 Å². The van der Waals surface area contributed by atoms with Crippen molar-refractivity contribution in [2.75, 3.05) is 19.7 Å². The molecule has 1 aromatic rings. The minimum absolute atomic E-state index is 0.273. The molecule has 0 aromatic heterocycles. The molecule has 0 atom stereocenters. The van der Waals surface area contributed by atoms with E-state index in [2.05, 4.69) is 0 Å². The summed E-state index contributed by atoms with van der Waals surface area (Å²) in [6, 6.07) is 6.84. The fourth-order valence-electron chi connectivity index (χ4n) is 1.95. The van der Waals surface area contributed by atoms with Gasteiger partial charge in [-0.2, -0.15) is 4.31 Å². The SMILES string of the molecule is CCOC(=S)C1=CCN(S(=O)(=O)c2ccc(C)cc2)C1. The zero-order chi connectivity index (χ0) is 14.8. The Morgan fingerprint density at radius 2 is 2.00 bits per heavy atom. The lowest BCUT2D eigenvalue weighted by molar-refractivity contribution is 0.335. The van der Waals surface area contributed by atoms with Gasteiger partial charge in [0.1, 0.15) is 0 Å². The van der Waals surface area contributed by atoms with E-state index in [1.807, 2.05) is 19.9 Å². The topological polar surface area (TPSA) is 46.6 Å². The van der Waals surface area contributed by atoms with E-state index >= 15 is 0 Å². The number of hydrogen-bond donors (Lipinski definition) is 0. The molecule has 0 amide bonds. The summed E-state index contributed by atoms with van der Waals surface area (Å²) < 4.78 is 31.6. The third kappa shape index (κ3) is 3.08. The zero-order valence-electron chi connectivity index (χ0n) is 11.5. The third-order valence-corrected chi connectivity index (χ3v) is 5.29. The molecule has 1 aromatic carbocycles. The number of sulfonamides is 1. The van der Waals surface area contributed by atoms with Crippen LogP contribution in [0.5, 0.6) is 0 Å². The number of aryl methyl sites for hydroxylation is 1. The van der Waals surface area contributed by atoms with Crippen molar-refractivity contribution in [3.05, 3.63) is 41.5 Å². The van der Waals surface area contributed by atoms with Crippen molar-refractivity contribution in [1.29, 1.82) is 0 Å². The van der Waals surface area contributed by atoms with E-state index in [4.69, 9.17) is 17.0 Å². The van der Waals surface area contributed by atoms with E-state index < -0.39 is 10.0 Å². The molecule has 6 heteroatoms. The quantitative estimate of drug-likeness (QED) is 0.801. The molecule has 1 aliphatic rings. The molecule has 0 unspecified atom stereocenters. The van der Waals surface area contributed by atoms with Crippen LogP contribution < -0.4 is 0 Å². The second-order valence-corrected chi connectivity index (χ2v) is 6.87. The first-order valence-corrected chi connectivity index (χ1v) is 8.23. The van der Waals surface area contributed by atoms with Gasteiger partial charge in [-0.25, -0.2) is 8.42 Å². The molecule has 1 heterocycles. The minimum Gasteiger partial charge on any atom is -0.483 e. The number of nitrogens with zero attached hydrogens (tertiary/aromatic N) is 1. The molecule has 20 heavy (non-hydrogen) atoms. The van der Waals surface area contributed by atoms with Gasteiger partial charge in [-0.15, -0.1) is 0 Å². The van der Waals surface area contributed by atoms with Crippen molar-refractivity contribution in [1.82, 2.24) is 4.31 Å². The van der Waals surface area contributed by atoms with Gasteiger partial charge < -0.3 is 4.74 Å². The van der Waals surface area contributed by atoms with Gasteiger partial charge in [0.2, 0.25) is 10.0 Å². The van der Waals surface area contributed by atoms with Crippen molar-refractivity contribution < 1.29 is 13.2 Å². The molecule has 4 nitrogen and oxygen atoms in total. The molecule has 0 spiro atoms. The first kappa shape index (κ1) is 15.2. The Kier molecular flexibility index (Phi) is 4.57. The minimum atomic E-state index is -3.47. The molecule has 0 N–H and O–H groups in total. The summed E-state index contributed by atoms with van der Waals surface area (Å²) in [5.41, 5.74) is 1.79. The molecule has 0 bridgehead atoms. The van der Waals surface area contributed by atoms with Crippen molar-refractivity contribution in [3.63, 3.8) is 0 Å².